The normalized spacial score (nSPS) is 11.4. The molecule has 0 spiro atoms. The molecular weight excluding hydrogens is 170 g/mol. The van der Waals surface area contributed by atoms with E-state index in [1.807, 2.05) is 0 Å². The van der Waals surface area contributed by atoms with E-state index in [0.717, 1.165) is 0 Å². The van der Waals surface area contributed by atoms with Crippen molar-refractivity contribution < 1.29 is 4.92 Å². The third kappa shape index (κ3) is 2.62. The van der Waals surface area contributed by atoms with Gasteiger partial charge >= 0.3 is 0 Å². The highest BCUT2D eigenvalue weighted by molar-refractivity contribution is 5.45. The highest BCUT2D eigenvalue weighted by Crippen LogP contribution is 2.03. The first kappa shape index (κ1) is 9.31. The van der Waals surface area contributed by atoms with Crippen LogP contribution >= 0.6 is 0 Å². The van der Waals surface area contributed by atoms with Crippen LogP contribution in [-0.4, -0.2) is 14.9 Å². The first-order chi connectivity index (χ1) is 6.09. The molecule has 0 N–H and O–H groups in total. The van der Waals surface area contributed by atoms with Crippen molar-refractivity contribution in [2.75, 3.05) is 0 Å². The van der Waals surface area contributed by atoms with Crippen LogP contribution in [0.25, 0.3) is 6.08 Å². The summed E-state index contributed by atoms with van der Waals surface area (Å²) in [5, 5.41) is 10.3. The van der Waals surface area contributed by atoms with E-state index in [9.17, 15) is 10.1 Å². The Bertz CT molecular complexity index is 360. The van der Waals surface area contributed by atoms with Gasteiger partial charge in [-0.1, -0.05) is 0 Å². The zero-order chi connectivity index (χ0) is 9.84. The van der Waals surface area contributed by atoms with Crippen molar-refractivity contribution in [1.29, 1.82) is 0 Å². The molecule has 0 saturated carbocycles. The fraction of sp³-hybridized carbons (Fsp3) is 0.250. The summed E-state index contributed by atoms with van der Waals surface area (Å²) in [4.78, 5) is 17.7. The molecule has 1 rings (SSSR count). The van der Waals surface area contributed by atoms with E-state index in [-0.39, 0.29) is 5.70 Å². The minimum Gasteiger partial charge on any atom is -0.259 e. The van der Waals surface area contributed by atoms with Crippen LogP contribution in [0.3, 0.4) is 0 Å². The smallest absolute Gasteiger partial charge is 0.245 e. The van der Waals surface area contributed by atoms with Crippen LogP contribution in [-0.2, 0) is 0 Å². The molecule has 1 heterocycles. The van der Waals surface area contributed by atoms with Gasteiger partial charge in [0.1, 0.15) is 5.82 Å². The summed E-state index contributed by atoms with van der Waals surface area (Å²) < 4.78 is 0. The first-order valence-corrected chi connectivity index (χ1v) is 3.72. The molecule has 0 atom stereocenters. The predicted molar refractivity (Wildman–Crippen MR) is 47.4 cm³/mol. The fourth-order valence-electron chi connectivity index (χ4n) is 0.822. The van der Waals surface area contributed by atoms with E-state index in [1.165, 1.54) is 13.0 Å². The summed E-state index contributed by atoms with van der Waals surface area (Å²) in [5.74, 6) is 0.602. The van der Waals surface area contributed by atoms with Crippen LogP contribution in [0.1, 0.15) is 18.4 Å². The van der Waals surface area contributed by atoms with Crippen LogP contribution in [0.2, 0.25) is 0 Å². The number of aromatic nitrogens is 2. The van der Waals surface area contributed by atoms with Crippen LogP contribution in [0, 0.1) is 17.0 Å². The standard InChI is InChI=1S/C8H9N3O2/c1-6(11(12)13)5-8-3-4-9-7(2)10-8/h3-5H,1-2H3/b6-5-. The summed E-state index contributed by atoms with van der Waals surface area (Å²) in [6.07, 6.45) is 2.98. The number of rotatable bonds is 2. The Balaban J connectivity index is 2.97. The number of aryl methyl sites for hydroxylation is 1. The number of nitrogens with zero attached hydrogens (tertiary/aromatic N) is 3. The van der Waals surface area contributed by atoms with Gasteiger partial charge in [-0.2, -0.15) is 0 Å². The lowest BCUT2D eigenvalue weighted by atomic mass is 10.3. The summed E-state index contributed by atoms with van der Waals surface area (Å²) in [6, 6.07) is 1.62. The van der Waals surface area contributed by atoms with Gasteiger partial charge in [0, 0.05) is 19.2 Å². The van der Waals surface area contributed by atoms with E-state index in [0.29, 0.717) is 11.5 Å². The Morgan fingerprint density at radius 3 is 2.92 bits per heavy atom. The number of allylic oxidation sites excluding steroid dienone is 1. The Morgan fingerprint density at radius 2 is 2.38 bits per heavy atom. The molecule has 1 aromatic heterocycles. The van der Waals surface area contributed by atoms with Crippen molar-refractivity contribution in [2.45, 2.75) is 13.8 Å². The quantitative estimate of drug-likeness (QED) is 0.508. The molecule has 0 aromatic carbocycles. The number of hydrogen-bond donors (Lipinski definition) is 0. The van der Waals surface area contributed by atoms with Crippen molar-refractivity contribution in [3.63, 3.8) is 0 Å². The lowest BCUT2D eigenvalue weighted by molar-refractivity contribution is -0.422. The Labute approximate surface area is 75.3 Å². The van der Waals surface area contributed by atoms with Crippen molar-refractivity contribution >= 4 is 6.08 Å². The molecule has 0 fully saturated rings. The largest absolute Gasteiger partial charge is 0.259 e. The summed E-state index contributed by atoms with van der Waals surface area (Å²) in [5.41, 5.74) is 0.625. The second-order valence-electron chi connectivity index (χ2n) is 2.57. The Morgan fingerprint density at radius 1 is 1.69 bits per heavy atom. The maximum atomic E-state index is 10.3. The van der Waals surface area contributed by atoms with Gasteiger partial charge in [-0.3, -0.25) is 10.1 Å². The molecule has 0 aliphatic carbocycles. The second kappa shape index (κ2) is 3.75. The third-order valence-corrected chi connectivity index (χ3v) is 1.44. The van der Waals surface area contributed by atoms with Gasteiger partial charge in [-0.15, -0.1) is 0 Å². The second-order valence-corrected chi connectivity index (χ2v) is 2.57. The SMILES string of the molecule is C/C(=C/c1ccnc(C)n1)[N+](=O)[O-]. The average molecular weight is 179 g/mol. The monoisotopic (exact) mass is 179 g/mol. The lowest BCUT2D eigenvalue weighted by Crippen LogP contribution is -1.95. The van der Waals surface area contributed by atoms with Gasteiger partial charge < -0.3 is 0 Å². The van der Waals surface area contributed by atoms with Crippen LogP contribution in [0.5, 0.6) is 0 Å². The maximum absolute atomic E-state index is 10.3. The van der Waals surface area contributed by atoms with Gasteiger partial charge in [-0.25, -0.2) is 9.97 Å². The highest BCUT2D eigenvalue weighted by Gasteiger charge is 2.02. The van der Waals surface area contributed by atoms with Gasteiger partial charge in [0.05, 0.1) is 10.6 Å². The fourth-order valence-corrected chi connectivity index (χ4v) is 0.822. The van der Waals surface area contributed by atoms with Crippen LogP contribution in [0.4, 0.5) is 0 Å². The Hall–Kier alpha value is -1.78. The summed E-state index contributed by atoms with van der Waals surface area (Å²) >= 11 is 0. The molecule has 1 aromatic rings. The minimum atomic E-state index is -0.447. The molecule has 13 heavy (non-hydrogen) atoms. The maximum Gasteiger partial charge on any atom is 0.245 e. The zero-order valence-corrected chi connectivity index (χ0v) is 7.39. The van der Waals surface area contributed by atoms with Crippen LogP contribution in [0.15, 0.2) is 18.0 Å². The minimum absolute atomic E-state index is 0.0677. The molecule has 0 saturated heterocycles. The summed E-state index contributed by atoms with van der Waals surface area (Å²) in [6.45, 7) is 3.16. The lowest BCUT2D eigenvalue weighted by Gasteiger charge is -1.93. The molecule has 68 valence electrons. The highest BCUT2D eigenvalue weighted by atomic mass is 16.6. The molecule has 0 radical (unpaired) electrons. The van der Waals surface area contributed by atoms with Crippen molar-refractivity contribution in [3.05, 3.63) is 39.6 Å². The third-order valence-electron chi connectivity index (χ3n) is 1.44. The first-order valence-electron chi connectivity index (χ1n) is 3.72. The molecule has 0 aliphatic rings. The van der Waals surface area contributed by atoms with E-state index in [4.69, 9.17) is 0 Å². The number of hydrogen-bond acceptors (Lipinski definition) is 4. The van der Waals surface area contributed by atoms with E-state index in [1.54, 1.807) is 19.2 Å². The van der Waals surface area contributed by atoms with Crippen LogP contribution < -0.4 is 0 Å². The molecule has 0 aliphatic heterocycles. The molecule has 5 nitrogen and oxygen atoms in total. The van der Waals surface area contributed by atoms with Gasteiger partial charge in [0.2, 0.25) is 5.70 Å². The Kier molecular flexibility index (Phi) is 2.69. The molecule has 0 amide bonds. The average Bonchev–Trinajstić information content (AvgIpc) is 2.04. The molecule has 0 bridgehead atoms. The number of nitro groups is 1. The topological polar surface area (TPSA) is 68.9 Å². The summed E-state index contributed by atoms with van der Waals surface area (Å²) in [7, 11) is 0. The van der Waals surface area contributed by atoms with Gasteiger partial charge in [0.15, 0.2) is 0 Å². The van der Waals surface area contributed by atoms with Crippen molar-refractivity contribution in [1.82, 2.24) is 9.97 Å². The van der Waals surface area contributed by atoms with Gasteiger partial charge in [-0.05, 0) is 13.0 Å². The van der Waals surface area contributed by atoms with E-state index < -0.39 is 4.92 Å². The van der Waals surface area contributed by atoms with E-state index in [2.05, 4.69) is 9.97 Å². The van der Waals surface area contributed by atoms with Crippen molar-refractivity contribution in [2.24, 2.45) is 0 Å². The van der Waals surface area contributed by atoms with E-state index >= 15 is 0 Å². The van der Waals surface area contributed by atoms with Gasteiger partial charge in [0.25, 0.3) is 0 Å². The zero-order valence-electron chi connectivity index (χ0n) is 7.39. The predicted octanol–water partition coefficient (Wildman–Crippen LogP) is 1.42. The van der Waals surface area contributed by atoms with Crippen molar-refractivity contribution in [3.8, 4) is 0 Å². The molecule has 0 unspecified atom stereocenters. The molecule has 5 heteroatoms. The molecular formula is C8H9N3O2.